The summed E-state index contributed by atoms with van der Waals surface area (Å²) in [5.74, 6) is 6.27. The lowest BCUT2D eigenvalue weighted by molar-refractivity contribution is -0.420. The quantitative estimate of drug-likeness (QED) is 0.570. The van der Waals surface area contributed by atoms with Crippen molar-refractivity contribution in [3.05, 3.63) is 52.3 Å². The average Bonchev–Trinajstić information content (AvgIpc) is 2.96. The second-order valence-corrected chi connectivity index (χ2v) is 4.21. The number of para-hydroxylation sites is 1. The maximum absolute atomic E-state index is 3.14. The van der Waals surface area contributed by atoms with Crippen molar-refractivity contribution >= 4 is 22.2 Å². The third-order valence-corrected chi connectivity index (χ3v) is 3.05. The fourth-order valence-electron chi connectivity index (χ4n) is 1.58. The van der Waals surface area contributed by atoms with Crippen molar-refractivity contribution in [1.82, 2.24) is 5.10 Å². The van der Waals surface area contributed by atoms with E-state index in [1.807, 2.05) is 35.0 Å². The molecule has 0 amide bonds. The van der Waals surface area contributed by atoms with Crippen LogP contribution in [0.4, 0.5) is 0 Å². The van der Waals surface area contributed by atoms with Crippen LogP contribution >= 0.6 is 11.3 Å². The van der Waals surface area contributed by atoms with Gasteiger partial charge < -0.3 is 0 Å². The highest BCUT2D eigenvalue weighted by Gasteiger charge is 2.05. The molecule has 0 aliphatic rings. The molecule has 16 heavy (non-hydrogen) atoms. The van der Waals surface area contributed by atoms with E-state index in [0.717, 1.165) is 22.2 Å². The van der Waals surface area contributed by atoms with Crippen LogP contribution < -0.4 is 5.10 Å². The Balaban J connectivity index is 2.07. The molecular formula is C13H9N2S+. The summed E-state index contributed by atoms with van der Waals surface area (Å²) in [6.07, 6.45) is 0. The molecule has 2 aromatic heterocycles. The molecule has 0 aliphatic heterocycles. The van der Waals surface area contributed by atoms with E-state index < -0.39 is 0 Å². The zero-order valence-corrected chi connectivity index (χ0v) is 9.27. The third kappa shape index (κ3) is 1.60. The van der Waals surface area contributed by atoms with Gasteiger partial charge in [-0.3, -0.25) is 0 Å². The third-order valence-electron chi connectivity index (χ3n) is 2.37. The Morgan fingerprint density at radius 1 is 1.12 bits per heavy atom. The van der Waals surface area contributed by atoms with E-state index in [9.17, 15) is 0 Å². The minimum Gasteiger partial charge on any atom is -0.158 e. The average molecular weight is 225 g/mol. The largest absolute Gasteiger partial charge is 0.237 e. The van der Waals surface area contributed by atoms with Crippen molar-refractivity contribution in [2.75, 3.05) is 0 Å². The number of fused-ring (bicyclic) bond motifs is 1. The van der Waals surface area contributed by atoms with Crippen LogP contribution in [-0.4, -0.2) is 5.10 Å². The highest BCUT2D eigenvalue weighted by atomic mass is 32.1. The summed E-state index contributed by atoms with van der Waals surface area (Å²) in [5.41, 5.74) is 3.07. The summed E-state index contributed by atoms with van der Waals surface area (Å²) in [6, 6.07) is 10.1. The first-order valence-corrected chi connectivity index (χ1v) is 5.90. The molecule has 0 unspecified atom stereocenters. The molecule has 0 radical (unpaired) electrons. The van der Waals surface area contributed by atoms with E-state index in [1.54, 1.807) is 11.3 Å². The van der Waals surface area contributed by atoms with Crippen LogP contribution in [0, 0.1) is 11.8 Å². The highest BCUT2D eigenvalue weighted by Crippen LogP contribution is 2.11. The summed E-state index contributed by atoms with van der Waals surface area (Å²) in [7, 11) is 0. The zero-order valence-electron chi connectivity index (χ0n) is 8.45. The topological polar surface area (TPSA) is 29.9 Å². The van der Waals surface area contributed by atoms with Crippen molar-refractivity contribution in [1.29, 1.82) is 0 Å². The van der Waals surface area contributed by atoms with Gasteiger partial charge in [0.1, 0.15) is 0 Å². The maximum Gasteiger partial charge on any atom is 0.237 e. The fourth-order valence-corrected chi connectivity index (χ4v) is 2.16. The summed E-state index contributed by atoms with van der Waals surface area (Å²) in [4.78, 5) is 0. The van der Waals surface area contributed by atoms with Crippen molar-refractivity contribution in [2.24, 2.45) is 0 Å². The summed E-state index contributed by atoms with van der Waals surface area (Å²) in [5, 5.41) is 11.4. The van der Waals surface area contributed by atoms with Gasteiger partial charge in [-0.25, -0.2) is 0 Å². The van der Waals surface area contributed by atoms with Crippen LogP contribution in [0.3, 0.4) is 0 Å². The normalized spacial score (nSPS) is 10.0. The molecule has 0 fully saturated rings. The molecule has 1 aromatic carbocycles. The SMILES string of the molecule is C(#Cc1[nH][nH+]c2ccccc12)c1ccsc1. The van der Waals surface area contributed by atoms with Gasteiger partial charge in [0.15, 0.2) is 5.69 Å². The Labute approximate surface area is 96.9 Å². The molecule has 3 rings (SSSR count). The van der Waals surface area contributed by atoms with Crippen molar-refractivity contribution in [3.63, 3.8) is 0 Å². The van der Waals surface area contributed by atoms with Gasteiger partial charge in [-0.05, 0) is 23.4 Å². The van der Waals surface area contributed by atoms with Gasteiger partial charge in [-0.1, -0.05) is 18.1 Å². The van der Waals surface area contributed by atoms with Gasteiger partial charge in [0.25, 0.3) is 0 Å². The first-order chi connectivity index (χ1) is 7.93. The van der Waals surface area contributed by atoms with Gasteiger partial charge in [0.2, 0.25) is 5.52 Å². The number of benzene rings is 1. The molecule has 0 spiro atoms. The van der Waals surface area contributed by atoms with Crippen molar-refractivity contribution < 1.29 is 5.10 Å². The molecule has 0 atom stereocenters. The minimum absolute atomic E-state index is 0.932. The number of nitrogens with one attached hydrogen (secondary N) is 2. The Morgan fingerprint density at radius 2 is 2.06 bits per heavy atom. The predicted molar refractivity (Wildman–Crippen MR) is 65.2 cm³/mol. The van der Waals surface area contributed by atoms with E-state index in [2.05, 4.69) is 28.1 Å². The second kappa shape index (κ2) is 3.84. The first-order valence-electron chi connectivity index (χ1n) is 4.96. The van der Waals surface area contributed by atoms with Gasteiger partial charge in [0.05, 0.1) is 5.39 Å². The van der Waals surface area contributed by atoms with E-state index in [1.165, 1.54) is 0 Å². The number of rotatable bonds is 0. The number of aromatic amines is 2. The number of hydrogen-bond acceptors (Lipinski definition) is 1. The number of H-pyrrole nitrogens is 2. The Hall–Kier alpha value is -2.05. The van der Waals surface area contributed by atoms with E-state index >= 15 is 0 Å². The predicted octanol–water partition coefficient (Wildman–Crippen LogP) is 2.44. The lowest BCUT2D eigenvalue weighted by atomic mass is 10.2. The lowest BCUT2D eigenvalue weighted by Gasteiger charge is -1.81. The zero-order chi connectivity index (χ0) is 10.8. The highest BCUT2D eigenvalue weighted by molar-refractivity contribution is 7.08. The van der Waals surface area contributed by atoms with Crippen LogP contribution in [0.2, 0.25) is 0 Å². The van der Waals surface area contributed by atoms with Gasteiger partial charge >= 0.3 is 0 Å². The first kappa shape index (κ1) is 9.20. The Morgan fingerprint density at radius 3 is 2.94 bits per heavy atom. The number of hydrogen-bond donors (Lipinski definition) is 1. The molecular weight excluding hydrogens is 216 g/mol. The van der Waals surface area contributed by atoms with E-state index in [-0.39, 0.29) is 0 Å². The molecule has 2 N–H and O–H groups in total. The standard InChI is InChI=1S/C13H8N2S/c1-2-4-12-11(3-1)13(15-14-12)6-5-10-7-8-16-9-10/h1-4,7-9H,(H,14,15)/p+1. The summed E-state index contributed by atoms with van der Waals surface area (Å²) in [6.45, 7) is 0. The molecule has 3 heteroatoms. The number of thiophene rings is 1. The van der Waals surface area contributed by atoms with Crippen LogP contribution in [0.25, 0.3) is 10.9 Å². The van der Waals surface area contributed by atoms with Gasteiger partial charge in [0, 0.05) is 17.0 Å². The Bertz CT molecular complexity index is 669. The summed E-state index contributed by atoms with van der Waals surface area (Å²) >= 11 is 1.66. The molecule has 2 heterocycles. The van der Waals surface area contributed by atoms with Gasteiger partial charge in [-0.2, -0.15) is 16.4 Å². The smallest absolute Gasteiger partial charge is 0.158 e. The molecule has 2 nitrogen and oxygen atoms in total. The fraction of sp³-hybridized carbons (Fsp3) is 0. The van der Waals surface area contributed by atoms with Crippen LogP contribution in [0.1, 0.15) is 11.3 Å². The van der Waals surface area contributed by atoms with E-state index in [0.29, 0.717) is 0 Å². The second-order valence-electron chi connectivity index (χ2n) is 3.43. The lowest BCUT2D eigenvalue weighted by Crippen LogP contribution is -2.00. The molecule has 0 aliphatic carbocycles. The van der Waals surface area contributed by atoms with Crippen molar-refractivity contribution in [2.45, 2.75) is 0 Å². The minimum atomic E-state index is 0.932. The van der Waals surface area contributed by atoms with E-state index in [4.69, 9.17) is 0 Å². The van der Waals surface area contributed by atoms with Crippen LogP contribution in [0.15, 0.2) is 41.1 Å². The monoisotopic (exact) mass is 225 g/mol. The van der Waals surface area contributed by atoms with Crippen LogP contribution in [-0.2, 0) is 0 Å². The molecule has 76 valence electrons. The molecule has 0 bridgehead atoms. The van der Waals surface area contributed by atoms with Crippen LogP contribution in [0.5, 0.6) is 0 Å². The van der Waals surface area contributed by atoms with Crippen molar-refractivity contribution in [3.8, 4) is 11.8 Å². The molecule has 0 saturated heterocycles. The molecule has 3 aromatic rings. The number of aromatic nitrogens is 2. The maximum atomic E-state index is 3.14. The molecule has 0 saturated carbocycles. The Kier molecular flexibility index (Phi) is 2.21. The summed E-state index contributed by atoms with van der Waals surface area (Å²) < 4.78 is 0. The van der Waals surface area contributed by atoms with Gasteiger partial charge in [-0.15, -0.1) is 5.10 Å².